The lowest BCUT2D eigenvalue weighted by atomic mass is 10.1. The third-order valence-corrected chi connectivity index (χ3v) is 3.15. The summed E-state index contributed by atoms with van der Waals surface area (Å²) < 4.78 is 0.843. The third-order valence-electron chi connectivity index (χ3n) is 2.68. The number of aromatic nitrogens is 1. The standard InChI is InChI=1S/C12H13BrN2O2/c13-9-2-4-11(14-6-9)12(17)15-10-3-1-8(5-10)7-16/h1-4,6,8,10,16H,5,7H2,(H,15,17)/t8-,10+/m0/s1. The molecule has 1 heterocycles. The van der Waals surface area contributed by atoms with Gasteiger partial charge in [0.25, 0.3) is 5.91 Å². The lowest BCUT2D eigenvalue weighted by molar-refractivity contribution is 0.0936. The molecule has 1 aromatic heterocycles. The minimum absolute atomic E-state index is 0.00917. The van der Waals surface area contributed by atoms with Crippen molar-refractivity contribution in [1.29, 1.82) is 0 Å². The fraction of sp³-hybridized carbons (Fsp3) is 0.333. The Hall–Kier alpha value is -1.20. The van der Waals surface area contributed by atoms with Crippen LogP contribution in [0.1, 0.15) is 16.9 Å². The van der Waals surface area contributed by atoms with Crippen LogP contribution in [-0.2, 0) is 0 Å². The minimum atomic E-state index is -0.189. The Kier molecular flexibility index (Phi) is 3.91. The number of nitrogens with one attached hydrogen (secondary N) is 1. The molecule has 0 bridgehead atoms. The molecular weight excluding hydrogens is 284 g/mol. The Balaban J connectivity index is 1.94. The van der Waals surface area contributed by atoms with Crippen LogP contribution in [0.5, 0.6) is 0 Å². The molecule has 1 amide bonds. The van der Waals surface area contributed by atoms with Crippen molar-refractivity contribution in [2.45, 2.75) is 12.5 Å². The summed E-state index contributed by atoms with van der Waals surface area (Å²) >= 11 is 3.27. The van der Waals surface area contributed by atoms with E-state index < -0.39 is 0 Å². The molecule has 2 N–H and O–H groups in total. The van der Waals surface area contributed by atoms with Crippen molar-refractivity contribution in [2.75, 3.05) is 6.61 Å². The summed E-state index contributed by atoms with van der Waals surface area (Å²) in [6.45, 7) is 0.124. The van der Waals surface area contributed by atoms with E-state index in [1.807, 2.05) is 12.2 Å². The quantitative estimate of drug-likeness (QED) is 0.831. The van der Waals surface area contributed by atoms with Crippen molar-refractivity contribution >= 4 is 21.8 Å². The summed E-state index contributed by atoms with van der Waals surface area (Å²) in [6.07, 6.45) is 6.19. The number of carbonyl (C=O) groups is 1. The monoisotopic (exact) mass is 296 g/mol. The van der Waals surface area contributed by atoms with Gasteiger partial charge in [-0.05, 0) is 34.5 Å². The number of aliphatic hydroxyl groups excluding tert-OH is 1. The smallest absolute Gasteiger partial charge is 0.270 e. The van der Waals surface area contributed by atoms with Gasteiger partial charge in [0.05, 0.1) is 0 Å². The van der Waals surface area contributed by atoms with Crippen molar-refractivity contribution in [3.05, 3.63) is 40.6 Å². The molecular formula is C12H13BrN2O2. The Morgan fingerprint density at radius 3 is 2.94 bits per heavy atom. The number of halogens is 1. The van der Waals surface area contributed by atoms with Crippen LogP contribution >= 0.6 is 15.9 Å². The lowest BCUT2D eigenvalue weighted by Gasteiger charge is -2.12. The van der Waals surface area contributed by atoms with Crippen molar-refractivity contribution in [3.8, 4) is 0 Å². The average Bonchev–Trinajstić information content (AvgIpc) is 2.77. The lowest BCUT2D eigenvalue weighted by Crippen LogP contribution is -2.33. The zero-order valence-electron chi connectivity index (χ0n) is 9.14. The summed E-state index contributed by atoms with van der Waals surface area (Å²) in [5, 5.41) is 11.8. The first-order valence-corrected chi connectivity index (χ1v) is 6.20. The molecule has 1 aliphatic carbocycles. The number of aliphatic hydroxyl groups is 1. The second kappa shape index (κ2) is 5.42. The molecule has 90 valence electrons. The molecule has 4 nitrogen and oxygen atoms in total. The van der Waals surface area contributed by atoms with Gasteiger partial charge in [-0.25, -0.2) is 4.98 Å². The van der Waals surface area contributed by atoms with Crippen molar-refractivity contribution in [3.63, 3.8) is 0 Å². The molecule has 0 fully saturated rings. The predicted octanol–water partition coefficient (Wildman–Crippen LogP) is 1.51. The summed E-state index contributed by atoms with van der Waals surface area (Å²) in [5.41, 5.74) is 0.397. The van der Waals surface area contributed by atoms with E-state index in [9.17, 15) is 4.79 Å². The maximum Gasteiger partial charge on any atom is 0.270 e. The van der Waals surface area contributed by atoms with Gasteiger partial charge in [0.1, 0.15) is 5.69 Å². The second-order valence-electron chi connectivity index (χ2n) is 4.00. The molecule has 2 atom stereocenters. The third kappa shape index (κ3) is 3.14. The fourth-order valence-electron chi connectivity index (χ4n) is 1.77. The molecule has 0 spiro atoms. The van der Waals surface area contributed by atoms with Crippen molar-refractivity contribution in [2.24, 2.45) is 5.92 Å². The van der Waals surface area contributed by atoms with Crippen molar-refractivity contribution in [1.82, 2.24) is 10.3 Å². The highest BCUT2D eigenvalue weighted by molar-refractivity contribution is 9.10. The number of amides is 1. The molecule has 0 unspecified atom stereocenters. The van der Waals surface area contributed by atoms with Gasteiger partial charge in [-0.2, -0.15) is 0 Å². The van der Waals surface area contributed by atoms with E-state index in [-0.39, 0.29) is 24.5 Å². The molecule has 0 saturated carbocycles. The first kappa shape index (κ1) is 12.3. The molecule has 5 heteroatoms. The van der Waals surface area contributed by atoms with Gasteiger partial charge in [-0.3, -0.25) is 4.79 Å². The molecule has 17 heavy (non-hydrogen) atoms. The summed E-state index contributed by atoms with van der Waals surface area (Å²) in [7, 11) is 0. The van der Waals surface area contributed by atoms with Crippen LogP contribution in [0.25, 0.3) is 0 Å². The van der Waals surface area contributed by atoms with Crippen LogP contribution in [-0.4, -0.2) is 28.6 Å². The highest BCUT2D eigenvalue weighted by Crippen LogP contribution is 2.17. The topological polar surface area (TPSA) is 62.2 Å². The molecule has 1 aliphatic rings. The van der Waals surface area contributed by atoms with Gasteiger partial charge in [-0.1, -0.05) is 12.2 Å². The van der Waals surface area contributed by atoms with Crippen LogP contribution in [0, 0.1) is 5.92 Å². The van der Waals surface area contributed by atoms with E-state index >= 15 is 0 Å². The minimum Gasteiger partial charge on any atom is -0.396 e. The number of pyridine rings is 1. The van der Waals surface area contributed by atoms with Crippen LogP contribution < -0.4 is 5.32 Å². The molecule has 0 aliphatic heterocycles. The van der Waals surface area contributed by atoms with Crippen LogP contribution in [0.4, 0.5) is 0 Å². The molecule has 0 saturated heterocycles. The first-order valence-electron chi connectivity index (χ1n) is 5.40. The Labute approximate surface area is 108 Å². The van der Waals surface area contributed by atoms with Gasteiger partial charge in [0, 0.05) is 29.2 Å². The molecule has 1 aromatic rings. The van der Waals surface area contributed by atoms with Gasteiger partial charge in [-0.15, -0.1) is 0 Å². The van der Waals surface area contributed by atoms with E-state index in [2.05, 4.69) is 26.2 Å². The maximum absolute atomic E-state index is 11.8. The second-order valence-corrected chi connectivity index (χ2v) is 4.92. The largest absolute Gasteiger partial charge is 0.396 e. The zero-order valence-corrected chi connectivity index (χ0v) is 10.7. The average molecular weight is 297 g/mol. The highest BCUT2D eigenvalue weighted by atomic mass is 79.9. The molecule has 2 rings (SSSR count). The van der Waals surface area contributed by atoms with E-state index in [1.165, 1.54) is 0 Å². The van der Waals surface area contributed by atoms with E-state index in [1.54, 1.807) is 18.3 Å². The van der Waals surface area contributed by atoms with Crippen LogP contribution in [0.15, 0.2) is 35.0 Å². The van der Waals surface area contributed by atoms with Crippen LogP contribution in [0.2, 0.25) is 0 Å². The van der Waals surface area contributed by atoms with E-state index in [0.717, 1.165) is 10.9 Å². The van der Waals surface area contributed by atoms with Gasteiger partial charge in [0.2, 0.25) is 0 Å². The number of carbonyl (C=O) groups excluding carboxylic acids is 1. The number of rotatable bonds is 3. The SMILES string of the molecule is O=C(N[C@@H]1C=C[C@H](CO)C1)c1ccc(Br)cn1. The normalized spacial score (nSPS) is 22.7. The van der Waals surface area contributed by atoms with E-state index in [0.29, 0.717) is 5.69 Å². The predicted molar refractivity (Wildman–Crippen MR) is 67.5 cm³/mol. The number of hydrogen-bond acceptors (Lipinski definition) is 3. The van der Waals surface area contributed by atoms with Gasteiger partial charge < -0.3 is 10.4 Å². The summed E-state index contributed by atoms with van der Waals surface area (Å²) in [5.74, 6) is -0.0380. The van der Waals surface area contributed by atoms with Crippen LogP contribution in [0.3, 0.4) is 0 Å². The molecule has 0 radical (unpaired) electrons. The Morgan fingerprint density at radius 1 is 1.53 bits per heavy atom. The summed E-state index contributed by atoms with van der Waals surface area (Å²) in [6, 6.07) is 3.44. The Morgan fingerprint density at radius 2 is 2.35 bits per heavy atom. The van der Waals surface area contributed by atoms with Gasteiger partial charge in [0.15, 0.2) is 0 Å². The maximum atomic E-state index is 11.8. The fourth-order valence-corrected chi connectivity index (χ4v) is 2.00. The van der Waals surface area contributed by atoms with Crippen molar-refractivity contribution < 1.29 is 9.90 Å². The summed E-state index contributed by atoms with van der Waals surface area (Å²) in [4.78, 5) is 15.8. The van der Waals surface area contributed by atoms with Gasteiger partial charge >= 0.3 is 0 Å². The first-order chi connectivity index (χ1) is 8.19. The Bertz CT molecular complexity index is 431. The number of nitrogens with zero attached hydrogens (tertiary/aromatic N) is 1. The zero-order chi connectivity index (χ0) is 12.3. The van der Waals surface area contributed by atoms with E-state index in [4.69, 9.17) is 5.11 Å². The molecule has 0 aromatic carbocycles. The highest BCUT2D eigenvalue weighted by Gasteiger charge is 2.20. The number of hydrogen-bond donors (Lipinski definition) is 2.